The third-order valence-electron chi connectivity index (χ3n) is 5.15. The molecule has 32 heavy (non-hydrogen) atoms. The fraction of sp³-hybridized carbons (Fsp3) is 0.375. The van der Waals surface area contributed by atoms with E-state index in [1.54, 1.807) is 6.07 Å². The van der Waals surface area contributed by atoms with Gasteiger partial charge in [-0.1, -0.05) is 79.7 Å². The Hall–Kier alpha value is -2.51. The smallest absolute Gasteiger partial charge is 0.230 e. The highest BCUT2D eigenvalue weighted by Crippen LogP contribution is 2.28. The van der Waals surface area contributed by atoms with Crippen molar-refractivity contribution in [1.29, 1.82) is 0 Å². The molecule has 0 unspecified atom stereocenters. The minimum absolute atomic E-state index is 0.0149. The molecule has 1 heterocycles. The molecule has 8 heteroatoms. The second-order valence-electron chi connectivity index (χ2n) is 7.33. The first-order valence-corrected chi connectivity index (χ1v) is 12.2. The zero-order valence-electron chi connectivity index (χ0n) is 18.5. The van der Waals surface area contributed by atoms with Crippen LogP contribution in [0.25, 0.3) is 0 Å². The van der Waals surface area contributed by atoms with Crippen LogP contribution in [0.5, 0.6) is 5.75 Å². The van der Waals surface area contributed by atoms with E-state index in [1.165, 1.54) is 17.3 Å². The summed E-state index contributed by atoms with van der Waals surface area (Å²) in [5.41, 5.74) is 1.21. The van der Waals surface area contributed by atoms with Crippen LogP contribution in [0.1, 0.15) is 44.1 Å². The zero-order valence-corrected chi connectivity index (χ0v) is 20.0. The number of ether oxygens (including phenoxy) is 1. The number of hydrogen-bond acceptors (Lipinski definition) is 5. The minimum Gasteiger partial charge on any atom is -0.484 e. The van der Waals surface area contributed by atoms with Gasteiger partial charge in [0.25, 0.3) is 0 Å². The van der Waals surface area contributed by atoms with Gasteiger partial charge in [0.05, 0.1) is 10.8 Å². The Balaban J connectivity index is 1.60. The third-order valence-corrected chi connectivity index (χ3v) is 6.40. The molecule has 0 aliphatic heterocycles. The van der Waals surface area contributed by atoms with E-state index in [9.17, 15) is 4.79 Å². The molecule has 0 saturated heterocycles. The predicted molar refractivity (Wildman–Crippen MR) is 129 cm³/mol. The fourth-order valence-electron chi connectivity index (χ4n) is 3.40. The van der Waals surface area contributed by atoms with Crippen molar-refractivity contribution >= 4 is 29.3 Å². The average molecular weight is 473 g/mol. The first-order chi connectivity index (χ1) is 15.6. The number of halogens is 1. The van der Waals surface area contributed by atoms with E-state index in [4.69, 9.17) is 16.3 Å². The van der Waals surface area contributed by atoms with Gasteiger partial charge in [-0.25, -0.2) is 0 Å². The van der Waals surface area contributed by atoms with Gasteiger partial charge < -0.3 is 14.6 Å². The first kappa shape index (κ1) is 24.1. The van der Waals surface area contributed by atoms with Crippen molar-refractivity contribution < 1.29 is 9.53 Å². The molecule has 1 amide bonds. The maximum absolute atomic E-state index is 12.4. The number of carbonyl (C=O) groups is 1. The molecular formula is C24H29ClN4O2S. The molecule has 0 fully saturated rings. The lowest BCUT2D eigenvalue weighted by Crippen LogP contribution is -2.27. The van der Waals surface area contributed by atoms with E-state index in [0.717, 1.165) is 30.2 Å². The van der Waals surface area contributed by atoms with E-state index >= 15 is 0 Å². The predicted octanol–water partition coefficient (Wildman–Crippen LogP) is 5.32. The van der Waals surface area contributed by atoms with Crippen molar-refractivity contribution in [3.63, 3.8) is 0 Å². The molecule has 3 rings (SSSR count). The van der Waals surface area contributed by atoms with Crippen molar-refractivity contribution in [1.82, 2.24) is 20.1 Å². The van der Waals surface area contributed by atoms with Crippen molar-refractivity contribution in [2.75, 3.05) is 12.3 Å². The summed E-state index contributed by atoms with van der Waals surface area (Å²) in [4.78, 5) is 12.4. The molecule has 170 valence electrons. The highest BCUT2D eigenvalue weighted by atomic mass is 35.5. The molecule has 0 saturated carbocycles. The lowest BCUT2D eigenvalue weighted by Gasteiger charge is -2.19. The van der Waals surface area contributed by atoms with Crippen molar-refractivity contribution in [3.05, 3.63) is 71.0 Å². The molecule has 0 radical (unpaired) electrons. The van der Waals surface area contributed by atoms with Gasteiger partial charge in [-0.3, -0.25) is 4.79 Å². The largest absolute Gasteiger partial charge is 0.484 e. The number of amides is 1. The lowest BCUT2D eigenvalue weighted by molar-refractivity contribution is -0.118. The quantitative estimate of drug-likeness (QED) is 0.361. The molecule has 0 aliphatic carbocycles. The van der Waals surface area contributed by atoms with Gasteiger partial charge >= 0.3 is 0 Å². The van der Waals surface area contributed by atoms with E-state index in [-0.39, 0.29) is 18.6 Å². The van der Waals surface area contributed by atoms with E-state index in [2.05, 4.69) is 46.1 Å². The summed E-state index contributed by atoms with van der Waals surface area (Å²) in [5.74, 6) is 1.61. The Morgan fingerprint density at radius 1 is 1.09 bits per heavy atom. The minimum atomic E-state index is -0.0149. The summed E-state index contributed by atoms with van der Waals surface area (Å²) in [5, 5.41) is 13.0. The summed E-state index contributed by atoms with van der Waals surface area (Å²) in [6.07, 6.45) is 2.68. The number of rotatable bonds is 12. The summed E-state index contributed by atoms with van der Waals surface area (Å²) >= 11 is 7.60. The van der Waals surface area contributed by atoms with Crippen LogP contribution < -0.4 is 10.1 Å². The van der Waals surface area contributed by atoms with Gasteiger partial charge in [0.2, 0.25) is 5.91 Å². The second-order valence-corrected chi connectivity index (χ2v) is 8.68. The Bertz CT molecular complexity index is 993. The number of hydrogen-bond donors (Lipinski definition) is 1. The summed E-state index contributed by atoms with van der Waals surface area (Å²) < 4.78 is 7.99. The lowest BCUT2D eigenvalue weighted by atomic mass is 10.1. The number of nitrogens with zero attached hydrogens (tertiary/aromatic N) is 3. The molecule has 0 aliphatic rings. The SMILES string of the molecule is CCC(CC)n1c(COc2ccccc2Cl)nnc1SCC(=O)NCCc1ccccc1. The van der Waals surface area contributed by atoms with Crippen LogP contribution in [0.4, 0.5) is 0 Å². The van der Waals surface area contributed by atoms with Gasteiger partial charge in [-0.2, -0.15) is 0 Å². The van der Waals surface area contributed by atoms with Gasteiger partial charge in [0.1, 0.15) is 12.4 Å². The molecular weight excluding hydrogens is 444 g/mol. The van der Waals surface area contributed by atoms with Crippen LogP contribution in [0.2, 0.25) is 5.02 Å². The molecule has 2 aromatic carbocycles. The van der Waals surface area contributed by atoms with Crippen LogP contribution in [-0.4, -0.2) is 33.0 Å². The third kappa shape index (κ3) is 6.74. The van der Waals surface area contributed by atoms with Crippen molar-refractivity contribution in [2.24, 2.45) is 0 Å². The van der Waals surface area contributed by atoms with Gasteiger partial charge in [-0.05, 0) is 37.0 Å². The van der Waals surface area contributed by atoms with Crippen LogP contribution >= 0.6 is 23.4 Å². The molecule has 0 atom stereocenters. The normalized spacial score (nSPS) is 11.0. The van der Waals surface area contributed by atoms with Gasteiger partial charge in [-0.15, -0.1) is 10.2 Å². The van der Waals surface area contributed by atoms with Gasteiger partial charge in [0.15, 0.2) is 11.0 Å². The Morgan fingerprint density at radius 2 is 1.81 bits per heavy atom. The van der Waals surface area contributed by atoms with Crippen LogP contribution in [0, 0.1) is 0 Å². The average Bonchev–Trinajstić information content (AvgIpc) is 3.21. The summed E-state index contributed by atoms with van der Waals surface area (Å²) in [7, 11) is 0. The Labute approximate surface area is 198 Å². The Morgan fingerprint density at radius 3 is 2.53 bits per heavy atom. The first-order valence-electron chi connectivity index (χ1n) is 10.9. The van der Waals surface area contributed by atoms with Crippen LogP contribution in [0.15, 0.2) is 59.8 Å². The zero-order chi connectivity index (χ0) is 22.8. The molecule has 1 aromatic heterocycles. The number of para-hydroxylation sites is 1. The Kier molecular flexibility index (Phi) is 9.43. The van der Waals surface area contributed by atoms with Gasteiger partial charge in [0, 0.05) is 12.6 Å². The highest BCUT2D eigenvalue weighted by molar-refractivity contribution is 7.99. The molecule has 3 aromatic rings. The second kappa shape index (κ2) is 12.5. The number of nitrogens with one attached hydrogen (secondary N) is 1. The fourth-order valence-corrected chi connectivity index (χ4v) is 4.45. The molecule has 0 spiro atoms. The van der Waals surface area contributed by atoms with Crippen LogP contribution in [-0.2, 0) is 17.8 Å². The topological polar surface area (TPSA) is 69.0 Å². The van der Waals surface area contributed by atoms with Crippen LogP contribution in [0.3, 0.4) is 0 Å². The van der Waals surface area contributed by atoms with E-state index < -0.39 is 0 Å². The number of benzene rings is 2. The summed E-state index contributed by atoms with van der Waals surface area (Å²) in [6, 6.07) is 17.7. The van der Waals surface area contributed by atoms with Crippen molar-refractivity contribution in [3.8, 4) is 5.75 Å². The number of carbonyl (C=O) groups excluding carboxylic acids is 1. The highest BCUT2D eigenvalue weighted by Gasteiger charge is 2.20. The molecule has 0 bridgehead atoms. The maximum Gasteiger partial charge on any atom is 0.230 e. The standard InChI is InChI=1S/C24H29ClN4O2S/c1-3-19(4-2)29-22(16-31-21-13-9-8-12-20(21)25)27-28-24(29)32-17-23(30)26-15-14-18-10-6-5-7-11-18/h5-13,19H,3-4,14-17H2,1-2H3,(H,26,30). The van der Waals surface area contributed by atoms with E-state index in [0.29, 0.717) is 23.1 Å². The number of aromatic nitrogens is 3. The van der Waals surface area contributed by atoms with E-state index in [1.807, 2.05) is 36.4 Å². The number of thioether (sulfide) groups is 1. The molecule has 1 N–H and O–H groups in total. The monoisotopic (exact) mass is 472 g/mol. The summed E-state index contributed by atoms with van der Waals surface area (Å²) in [6.45, 7) is 5.14. The molecule has 6 nitrogen and oxygen atoms in total. The van der Waals surface area contributed by atoms with Crippen molar-refractivity contribution in [2.45, 2.75) is 50.9 Å². The maximum atomic E-state index is 12.4.